The van der Waals surface area contributed by atoms with Crippen LogP contribution in [0.5, 0.6) is 5.88 Å². The van der Waals surface area contributed by atoms with Gasteiger partial charge in [0.05, 0.1) is 35.5 Å². The molecule has 3 rings (SSSR count). The fourth-order valence-electron chi connectivity index (χ4n) is 3.60. The molecule has 0 saturated carbocycles. The maximum Gasteiger partial charge on any atom is 0.222 e. The lowest BCUT2D eigenvalue weighted by molar-refractivity contribution is 0.0857. The Balaban J connectivity index is 2.12. The van der Waals surface area contributed by atoms with Crippen molar-refractivity contribution >= 4 is 11.0 Å². The van der Waals surface area contributed by atoms with E-state index in [4.69, 9.17) is 19.4 Å². The molecular formula is C23H31N3O2. The predicted octanol–water partition coefficient (Wildman–Crippen LogP) is 5.27. The third-order valence-corrected chi connectivity index (χ3v) is 5.34. The minimum Gasteiger partial charge on any atom is -0.480 e. The van der Waals surface area contributed by atoms with E-state index >= 15 is 0 Å². The minimum atomic E-state index is 0.197. The molecule has 3 aromatic heterocycles. The van der Waals surface area contributed by atoms with E-state index in [0.717, 1.165) is 52.1 Å². The Bertz CT molecular complexity index is 972. The highest BCUT2D eigenvalue weighted by molar-refractivity contribution is 5.85. The molecular weight excluding hydrogens is 350 g/mol. The van der Waals surface area contributed by atoms with Crippen LogP contribution in [0, 0.1) is 13.8 Å². The number of nitrogens with zero attached hydrogens (tertiary/aromatic N) is 3. The van der Waals surface area contributed by atoms with Crippen LogP contribution in [0.2, 0.25) is 0 Å². The van der Waals surface area contributed by atoms with E-state index in [1.54, 1.807) is 14.2 Å². The lowest BCUT2D eigenvalue weighted by atomic mass is 10.0. The molecule has 0 N–H and O–H groups in total. The van der Waals surface area contributed by atoms with Crippen molar-refractivity contribution < 1.29 is 9.47 Å². The van der Waals surface area contributed by atoms with Gasteiger partial charge < -0.3 is 14.0 Å². The minimum absolute atomic E-state index is 0.197. The number of ether oxygens (including phenoxy) is 2. The summed E-state index contributed by atoms with van der Waals surface area (Å²) in [5.74, 6) is 0.978. The first-order valence-electron chi connectivity index (χ1n) is 9.94. The summed E-state index contributed by atoms with van der Waals surface area (Å²) in [5, 5.41) is 0. The lowest BCUT2D eigenvalue weighted by Gasteiger charge is -2.16. The van der Waals surface area contributed by atoms with Crippen LogP contribution in [0.3, 0.4) is 0 Å². The van der Waals surface area contributed by atoms with Gasteiger partial charge >= 0.3 is 0 Å². The summed E-state index contributed by atoms with van der Waals surface area (Å²) < 4.78 is 13.4. The lowest BCUT2D eigenvalue weighted by Crippen LogP contribution is -2.17. The first kappa shape index (κ1) is 20.3. The number of methoxy groups -OCH3 is 2. The number of aromatic nitrogens is 3. The predicted molar refractivity (Wildman–Crippen MR) is 114 cm³/mol. The van der Waals surface area contributed by atoms with E-state index < -0.39 is 0 Å². The molecule has 0 bridgehead atoms. The standard InChI is InChI=1S/C23H31N3O2/c1-8-17(27-6)13-26-12-16(5)22-20(26)11-15(4)21(25-22)18-9-10-19(14(2)3)24-23(18)28-7/h9-12,14,17H,8,13H2,1-7H3/t17-/m0/s1. The van der Waals surface area contributed by atoms with Crippen molar-refractivity contribution in [2.75, 3.05) is 14.2 Å². The van der Waals surface area contributed by atoms with Crippen LogP contribution in [0.25, 0.3) is 22.3 Å². The first-order chi connectivity index (χ1) is 13.4. The zero-order valence-electron chi connectivity index (χ0n) is 18.0. The Morgan fingerprint density at radius 2 is 1.82 bits per heavy atom. The molecule has 5 nitrogen and oxygen atoms in total. The van der Waals surface area contributed by atoms with E-state index in [9.17, 15) is 0 Å². The van der Waals surface area contributed by atoms with Crippen LogP contribution in [-0.4, -0.2) is 34.9 Å². The molecule has 0 aliphatic heterocycles. The van der Waals surface area contributed by atoms with E-state index in [1.165, 1.54) is 0 Å². The van der Waals surface area contributed by atoms with Crippen molar-refractivity contribution in [3.8, 4) is 17.1 Å². The normalized spacial score (nSPS) is 12.7. The quantitative estimate of drug-likeness (QED) is 0.559. The fraction of sp³-hybridized carbons (Fsp3) is 0.478. The third kappa shape index (κ3) is 3.76. The fourth-order valence-corrected chi connectivity index (χ4v) is 3.60. The summed E-state index contributed by atoms with van der Waals surface area (Å²) in [4.78, 5) is 9.72. The van der Waals surface area contributed by atoms with Gasteiger partial charge in [-0.05, 0) is 55.5 Å². The number of fused-ring (bicyclic) bond motifs is 1. The smallest absolute Gasteiger partial charge is 0.222 e. The van der Waals surface area contributed by atoms with Crippen LogP contribution in [0.1, 0.15) is 49.9 Å². The maximum atomic E-state index is 5.60. The van der Waals surface area contributed by atoms with Crippen molar-refractivity contribution in [2.24, 2.45) is 0 Å². The van der Waals surface area contributed by atoms with Crippen molar-refractivity contribution in [3.05, 3.63) is 41.2 Å². The van der Waals surface area contributed by atoms with Crippen LogP contribution in [0.15, 0.2) is 24.4 Å². The molecule has 0 aromatic carbocycles. The van der Waals surface area contributed by atoms with Gasteiger partial charge in [0, 0.05) is 25.5 Å². The number of pyridine rings is 2. The largest absolute Gasteiger partial charge is 0.480 e. The van der Waals surface area contributed by atoms with Crippen LogP contribution >= 0.6 is 0 Å². The van der Waals surface area contributed by atoms with Crippen LogP contribution in [0.4, 0.5) is 0 Å². The highest BCUT2D eigenvalue weighted by Crippen LogP contribution is 2.33. The zero-order chi connectivity index (χ0) is 20.4. The van der Waals surface area contributed by atoms with E-state index in [1.807, 2.05) is 0 Å². The summed E-state index contributed by atoms with van der Waals surface area (Å²) in [7, 11) is 3.44. The number of hydrogen-bond acceptors (Lipinski definition) is 4. The van der Waals surface area contributed by atoms with Crippen molar-refractivity contribution in [1.29, 1.82) is 0 Å². The second-order valence-corrected chi connectivity index (χ2v) is 7.70. The summed E-state index contributed by atoms with van der Waals surface area (Å²) >= 11 is 0. The molecule has 0 fully saturated rings. The van der Waals surface area contributed by atoms with Crippen molar-refractivity contribution in [1.82, 2.24) is 14.5 Å². The molecule has 0 aliphatic rings. The average Bonchev–Trinajstić information content (AvgIpc) is 2.99. The molecule has 3 aromatic rings. The van der Waals surface area contributed by atoms with E-state index in [0.29, 0.717) is 11.8 Å². The van der Waals surface area contributed by atoms with Crippen LogP contribution in [-0.2, 0) is 11.3 Å². The summed E-state index contributed by atoms with van der Waals surface area (Å²) in [6, 6.07) is 6.35. The molecule has 0 radical (unpaired) electrons. The van der Waals surface area contributed by atoms with E-state index in [2.05, 4.69) is 63.6 Å². The van der Waals surface area contributed by atoms with Gasteiger partial charge in [0.25, 0.3) is 0 Å². The maximum absolute atomic E-state index is 5.60. The topological polar surface area (TPSA) is 49.2 Å². The molecule has 0 saturated heterocycles. The Labute approximate surface area is 167 Å². The number of hydrogen-bond donors (Lipinski definition) is 0. The molecule has 28 heavy (non-hydrogen) atoms. The number of aryl methyl sites for hydroxylation is 2. The molecule has 0 unspecified atom stereocenters. The van der Waals surface area contributed by atoms with Gasteiger partial charge in [0.1, 0.15) is 0 Å². The second kappa shape index (κ2) is 8.31. The summed E-state index contributed by atoms with van der Waals surface area (Å²) in [6.45, 7) is 11.4. The van der Waals surface area contributed by atoms with Gasteiger partial charge in [-0.1, -0.05) is 20.8 Å². The van der Waals surface area contributed by atoms with Gasteiger partial charge in [-0.25, -0.2) is 9.97 Å². The molecule has 3 heterocycles. The highest BCUT2D eigenvalue weighted by Gasteiger charge is 2.18. The number of rotatable bonds is 7. The zero-order valence-corrected chi connectivity index (χ0v) is 18.0. The Morgan fingerprint density at radius 1 is 1.07 bits per heavy atom. The summed E-state index contributed by atoms with van der Waals surface area (Å²) in [6.07, 6.45) is 3.34. The Hall–Kier alpha value is -2.40. The Morgan fingerprint density at radius 3 is 2.43 bits per heavy atom. The van der Waals surface area contributed by atoms with Gasteiger partial charge in [0.2, 0.25) is 5.88 Å². The molecule has 0 aliphatic carbocycles. The molecule has 1 atom stereocenters. The van der Waals surface area contributed by atoms with Gasteiger partial charge in [0.15, 0.2) is 0 Å². The van der Waals surface area contributed by atoms with Gasteiger partial charge in [-0.2, -0.15) is 0 Å². The third-order valence-electron chi connectivity index (χ3n) is 5.34. The first-order valence-corrected chi connectivity index (χ1v) is 9.94. The van der Waals surface area contributed by atoms with Gasteiger partial charge in [-0.15, -0.1) is 0 Å². The highest BCUT2D eigenvalue weighted by atomic mass is 16.5. The van der Waals surface area contributed by atoms with Gasteiger partial charge in [-0.3, -0.25) is 0 Å². The molecule has 150 valence electrons. The SMILES string of the molecule is CC[C@@H](Cn1cc(C)c2nc(-c3ccc(C(C)C)nc3OC)c(C)cc21)OC. The van der Waals surface area contributed by atoms with E-state index in [-0.39, 0.29) is 6.10 Å². The molecule has 5 heteroatoms. The van der Waals surface area contributed by atoms with Crippen molar-refractivity contribution in [2.45, 2.75) is 59.6 Å². The molecule has 0 amide bonds. The molecule has 0 spiro atoms. The monoisotopic (exact) mass is 381 g/mol. The summed E-state index contributed by atoms with van der Waals surface area (Å²) in [5.41, 5.74) is 7.30. The second-order valence-electron chi connectivity index (χ2n) is 7.70. The van der Waals surface area contributed by atoms with Crippen molar-refractivity contribution in [3.63, 3.8) is 0 Å². The average molecular weight is 382 g/mol. The van der Waals surface area contributed by atoms with Crippen LogP contribution < -0.4 is 4.74 Å². The Kier molecular flexibility index (Phi) is 6.04.